The molecule has 1 heterocycles. The number of imide groups is 1. The fourth-order valence-electron chi connectivity index (χ4n) is 2.44. The number of hydrogen-bond acceptors (Lipinski definition) is 2. The maximum atomic E-state index is 13.2. The van der Waals surface area contributed by atoms with E-state index in [2.05, 4.69) is 5.32 Å². The molecule has 0 aromatic heterocycles. The standard InChI is InChI=1S/C13H13FN2O2/c1-13(8-5-6-8)11(17)16(12(18)15-13)10-4-2-3-9(14)7-10/h2-4,7-8H,5-6H2,1H3,(H,15,18). The summed E-state index contributed by atoms with van der Waals surface area (Å²) in [7, 11) is 0. The lowest BCUT2D eigenvalue weighted by Crippen LogP contribution is -2.46. The predicted octanol–water partition coefficient (Wildman–Crippen LogP) is 2.05. The number of rotatable bonds is 2. The van der Waals surface area contributed by atoms with Crippen LogP contribution >= 0.6 is 0 Å². The van der Waals surface area contributed by atoms with E-state index in [1.54, 1.807) is 13.0 Å². The van der Waals surface area contributed by atoms with Gasteiger partial charge in [0.25, 0.3) is 5.91 Å². The van der Waals surface area contributed by atoms with E-state index in [4.69, 9.17) is 0 Å². The van der Waals surface area contributed by atoms with Crippen LogP contribution in [0, 0.1) is 11.7 Å². The molecule has 94 valence electrons. The summed E-state index contributed by atoms with van der Waals surface area (Å²) in [6.45, 7) is 1.74. The Bertz CT molecular complexity index is 542. The molecular formula is C13H13FN2O2. The van der Waals surface area contributed by atoms with Crippen molar-refractivity contribution in [3.8, 4) is 0 Å². The number of urea groups is 1. The van der Waals surface area contributed by atoms with Gasteiger partial charge in [-0.25, -0.2) is 14.1 Å². The van der Waals surface area contributed by atoms with Crippen LogP contribution in [0.25, 0.3) is 0 Å². The molecule has 3 rings (SSSR count). The lowest BCUT2D eigenvalue weighted by atomic mass is 9.96. The summed E-state index contributed by atoms with van der Waals surface area (Å²) in [6, 6.07) is 5.04. The smallest absolute Gasteiger partial charge is 0.323 e. The van der Waals surface area contributed by atoms with Crippen LogP contribution in [0.4, 0.5) is 14.9 Å². The average Bonchev–Trinajstić information content (AvgIpc) is 3.09. The summed E-state index contributed by atoms with van der Waals surface area (Å²) >= 11 is 0. The first-order chi connectivity index (χ1) is 8.52. The molecule has 1 saturated heterocycles. The van der Waals surface area contributed by atoms with Crippen molar-refractivity contribution >= 4 is 17.6 Å². The van der Waals surface area contributed by atoms with Crippen molar-refractivity contribution in [3.63, 3.8) is 0 Å². The quantitative estimate of drug-likeness (QED) is 0.814. The highest BCUT2D eigenvalue weighted by Gasteiger charge is 2.56. The number of benzene rings is 1. The van der Waals surface area contributed by atoms with E-state index in [-0.39, 0.29) is 17.5 Å². The molecule has 1 N–H and O–H groups in total. The Balaban J connectivity index is 1.98. The highest BCUT2D eigenvalue weighted by atomic mass is 19.1. The highest BCUT2D eigenvalue weighted by Crippen LogP contribution is 2.43. The minimum atomic E-state index is -0.830. The Hall–Kier alpha value is -1.91. The monoisotopic (exact) mass is 248 g/mol. The maximum absolute atomic E-state index is 13.2. The van der Waals surface area contributed by atoms with Crippen molar-refractivity contribution in [3.05, 3.63) is 30.1 Å². The van der Waals surface area contributed by atoms with Crippen LogP contribution in [0.15, 0.2) is 24.3 Å². The number of amides is 3. The van der Waals surface area contributed by atoms with Gasteiger partial charge in [-0.15, -0.1) is 0 Å². The van der Waals surface area contributed by atoms with Crippen LogP contribution in [0.2, 0.25) is 0 Å². The molecule has 5 heteroatoms. The summed E-state index contributed by atoms with van der Waals surface area (Å²) in [5.74, 6) is -0.554. The number of halogens is 1. The molecule has 4 nitrogen and oxygen atoms in total. The number of hydrogen-bond donors (Lipinski definition) is 1. The number of nitrogens with one attached hydrogen (secondary N) is 1. The molecule has 0 spiro atoms. The Kier molecular flexibility index (Phi) is 2.20. The maximum Gasteiger partial charge on any atom is 0.329 e. The molecule has 1 saturated carbocycles. The van der Waals surface area contributed by atoms with E-state index in [1.807, 2.05) is 0 Å². The van der Waals surface area contributed by atoms with Crippen LogP contribution in [-0.4, -0.2) is 17.5 Å². The second-order valence-electron chi connectivity index (χ2n) is 5.03. The van der Waals surface area contributed by atoms with Gasteiger partial charge in [-0.2, -0.15) is 0 Å². The Morgan fingerprint density at radius 2 is 2.11 bits per heavy atom. The summed E-state index contributed by atoms with van der Waals surface area (Å²) < 4.78 is 13.2. The van der Waals surface area contributed by atoms with E-state index in [0.29, 0.717) is 0 Å². The number of anilines is 1. The second-order valence-corrected chi connectivity index (χ2v) is 5.03. The topological polar surface area (TPSA) is 49.4 Å². The lowest BCUT2D eigenvalue weighted by Gasteiger charge is -2.20. The molecule has 0 bridgehead atoms. The van der Waals surface area contributed by atoms with Crippen molar-refractivity contribution in [1.29, 1.82) is 0 Å². The first kappa shape index (κ1) is 11.2. The Labute approximate surface area is 104 Å². The van der Waals surface area contributed by atoms with Crippen LogP contribution in [0.1, 0.15) is 19.8 Å². The lowest BCUT2D eigenvalue weighted by molar-refractivity contribution is -0.122. The van der Waals surface area contributed by atoms with Gasteiger partial charge >= 0.3 is 6.03 Å². The molecule has 0 radical (unpaired) electrons. The fraction of sp³-hybridized carbons (Fsp3) is 0.385. The molecule has 1 atom stereocenters. The summed E-state index contributed by atoms with van der Waals surface area (Å²) in [6.07, 6.45) is 1.89. The molecule has 2 fully saturated rings. The average molecular weight is 248 g/mol. The molecule has 1 aromatic carbocycles. The van der Waals surface area contributed by atoms with Crippen molar-refractivity contribution in [1.82, 2.24) is 5.32 Å². The molecule has 1 aliphatic heterocycles. The third-order valence-corrected chi connectivity index (χ3v) is 3.68. The van der Waals surface area contributed by atoms with E-state index in [0.717, 1.165) is 17.7 Å². The minimum absolute atomic E-state index is 0.201. The van der Waals surface area contributed by atoms with Gasteiger partial charge in [0.05, 0.1) is 5.69 Å². The Morgan fingerprint density at radius 1 is 1.39 bits per heavy atom. The third-order valence-electron chi connectivity index (χ3n) is 3.68. The number of carbonyl (C=O) groups excluding carboxylic acids is 2. The molecular weight excluding hydrogens is 235 g/mol. The summed E-state index contributed by atoms with van der Waals surface area (Å²) in [4.78, 5) is 25.3. The molecule has 18 heavy (non-hydrogen) atoms. The van der Waals surface area contributed by atoms with Crippen molar-refractivity contribution in [2.24, 2.45) is 5.92 Å². The zero-order valence-electron chi connectivity index (χ0n) is 9.94. The second kappa shape index (κ2) is 3.54. The minimum Gasteiger partial charge on any atom is -0.323 e. The summed E-state index contributed by atoms with van der Waals surface area (Å²) in [5, 5.41) is 2.72. The summed E-state index contributed by atoms with van der Waals surface area (Å²) in [5.41, 5.74) is -0.550. The Morgan fingerprint density at radius 3 is 2.72 bits per heavy atom. The molecule has 1 unspecified atom stereocenters. The van der Waals surface area contributed by atoms with Gasteiger partial charge in [-0.1, -0.05) is 6.07 Å². The van der Waals surface area contributed by atoms with E-state index in [1.165, 1.54) is 18.2 Å². The van der Waals surface area contributed by atoms with Gasteiger partial charge in [0, 0.05) is 0 Å². The van der Waals surface area contributed by atoms with Gasteiger partial charge < -0.3 is 5.32 Å². The van der Waals surface area contributed by atoms with E-state index >= 15 is 0 Å². The first-order valence-electron chi connectivity index (χ1n) is 5.94. The van der Waals surface area contributed by atoms with Gasteiger partial charge in [-0.3, -0.25) is 4.79 Å². The van der Waals surface area contributed by atoms with Crippen molar-refractivity contribution < 1.29 is 14.0 Å². The molecule has 2 aliphatic rings. The van der Waals surface area contributed by atoms with Crippen LogP contribution in [0.3, 0.4) is 0 Å². The SMILES string of the molecule is CC1(C2CC2)NC(=O)N(c2cccc(F)c2)C1=O. The van der Waals surface area contributed by atoms with Crippen LogP contribution in [-0.2, 0) is 4.79 Å². The molecule has 3 amide bonds. The number of nitrogens with zero attached hydrogens (tertiary/aromatic N) is 1. The zero-order valence-corrected chi connectivity index (χ0v) is 9.94. The van der Waals surface area contributed by atoms with Gasteiger partial charge in [0.1, 0.15) is 11.4 Å². The van der Waals surface area contributed by atoms with Gasteiger partial charge in [0.2, 0.25) is 0 Å². The van der Waals surface area contributed by atoms with Crippen LogP contribution < -0.4 is 10.2 Å². The number of carbonyl (C=O) groups is 2. The first-order valence-corrected chi connectivity index (χ1v) is 5.94. The van der Waals surface area contributed by atoms with Gasteiger partial charge in [-0.05, 0) is 43.9 Å². The van der Waals surface area contributed by atoms with E-state index in [9.17, 15) is 14.0 Å². The highest BCUT2D eigenvalue weighted by molar-refractivity contribution is 6.23. The zero-order chi connectivity index (χ0) is 12.9. The molecule has 1 aliphatic carbocycles. The van der Waals surface area contributed by atoms with Crippen molar-refractivity contribution in [2.75, 3.05) is 4.90 Å². The predicted molar refractivity (Wildman–Crippen MR) is 63.5 cm³/mol. The van der Waals surface area contributed by atoms with Gasteiger partial charge in [0.15, 0.2) is 0 Å². The normalized spacial score (nSPS) is 27.6. The largest absolute Gasteiger partial charge is 0.329 e. The third kappa shape index (κ3) is 1.50. The molecule has 1 aromatic rings. The fourth-order valence-corrected chi connectivity index (χ4v) is 2.44. The van der Waals surface area contributed by atoms with Crippen LogP contribution in [0.5, 0.6) is 0 Å². The van der Waals surface area contributed by atoms with Crippen molar-refractivity contribution in [2.45, 2.75) is 25.3 Å². The van der Waals surface area contributed by atoms with E-state index < -0.39 is 17.4 Å².